The van der Waals surface area contributed by atoms with E-state index in [0.29, 0.717) is 5.69 Å². The van der Waals surface area contributed by atoms with Gasteiger partial charge in [0.1, 0.15) is 0 Å². The van der Waals surface area contributed by atoms with Gasteiger partial charge in [0.05, 0.1) is 11.4 Å². The number of halogens is 1. The van der Waals surface area contributed by atoms with Crippen LogP contribution in [0.3, 0.4) is 0 Å². The minimum absolute atomic E-state index is 0.212. The van der Waals surface area contributed by atoms with E-state index in [2.05, 4.69) is 26.0 Å². The molecule has 1 aliphatic rings. The zero-order chi connectivity index (χ0) is 14.8. The Labute approximate surface area is 129 Å². The van der Waals surface area contributed by atoms with Crippen molar-refractivity contribution in [1.82, 2.24) is 5.32 Å². The van der Waals surface area contributed by atoms with Crippen molar-refractivity contribution >= 4 is 31.6 Å². The molecule has 0 aromatic heterocycles. The highest BCUT2D eigenvalue weighted by atomic mass is 79.9. The summed E-state index contributed by atoms with van der Waals surface area (Å²) in [6.45, 7) is 5.66. The Kier molecular flexibility index (Phi) is 5.09. The Balaban J connectivity index is 2.11. The first-order valence-corrected chi connectivity index (χ1v) is 9.30. The summed E-state index contributed by atoms with van der Waals surface area (Å²) in [7, 11) is -3.29. The highest BCUT2D eigenvalue weighted by Crippen LogP contribution is 2.26. The van der Waals surface area contributed by atoms with Crippen LogP contribution in [-0.2, 0) is 10.0 Å². The van der Waals surface area contributed by atoms with Gasteiger partial charge in [-0.25, -0.2) is 8.42 Å². The van der Waals surface area contributed by atoms with Gasteiger partial charge >= 0.3 is 0 Å². The number of benzene rings is 1. The molecule has 0 amide bonds. The van der Waals surface area contributed by atoms with E-state index in [9.17, 15) is 8.42 Å². The predicted molar refractivity (Wildman–Crippen MR) is 86.6 cm³/mol. The van der Waals surface area contributed by atoms with Crippen molar-refractivity contribution in [2.24, 2.45) is 5.92 Å². The molecule has 1 aliphatic heterocycles. The molecule has 0 atom stereocenters. The van der Waals surface area contributed by atoms with Gasteiger partial charge in [0, 0.05) is 4.47 Å². The van der Waals surface area contributed by atoms with Gasteiger partial charge in [-0.05, 0) is 69.0 Å². The molecule has 112 valence electrons. The molecule has 0 saturated carbocycles. The molecule has 20 heavy (non-hydrogen) atoms. The van der Waals surface area contributed by atoms with Crippen LogP contribution in [-0.4, -0.2) is 27.3 Å². The Hall–Kier alpha value is -0.590. The predicted octanol–water partition coefficient (Wildman–Crippen LogP) is 2.81. The lowest BCUT2D eigenvalue weighted by molar-refractivity contribution is 0.402. The van der Waals surface area contributed by atoms with Gasteiger partial charge in [0.2, 0.25) is 10.0 Å². The van der Waals surface area contributed by atoms with Crippen LogP contribution in [0.25, 0.3) is 0 Å². The summed E-state index contributed by atoms with van der Waals surface area (Å²) >= 11 is 3.42. The maximum absolute atomic E-state index is 12.3. The standard InChI is InChI=1S/C14H21BrN2O2S/c1-10-7-13(15)8-11(2)14(10)17-20(18,19)9-12-3-5-16-6-4-12/h7-8,12,16-17H,3-6,9H2,1-2H3. The molecule has 0 bridgehead atoms. The molecule has 1 fully saturated rings. The first-order valence-electron chi connectivity index (χ1n) is 6.85. The zero-order valence-corrected chi connectivity index (χ0v) is 14.3. The van der Waals surface area contributed by atoms with Crippen molar-refractivity contribution in [3.63, 3.8) is 0 Å². The molecule has 1 aromatic carbocycles. The summed E-state index contributed by atoms with van der Waals surface area (Å²) in [4.78, 5) is 0. The highest BCUT2D eigenvalue weighted by molar-refractivity contribution is 9.10. The minimum Gasteiger partial charge on any atom is -0.317 e. The normalized spacial score (nSPS) is 17.1. The van der Waals surface area contributed by atoms with Gasteiger partial charge < -0.3 is 5.32 Å². The van der Waals surface area contributed by atoms with Crippen LogP contribution in [0.2, 0.25) is 0 Å². The van der Waals surface area contributed by atoms with Gasteiger partial charge in [-0.3, -0.25) is 4.72 Å². The molecule has 1 aromatic rings. The van der Waals surface area contributed by atoms with Crippen LogP contribution in [0, 0.1) is 19.8 Å². The lowest BCUT2D eigenvalue weighted by Gasteiger charge is -2.23. The molecule has 6 heteroatoms. The summed E-state index contributed by atoms with van der Waals surface area (Å²) in [6.07, 6.45) is 1.86. The molecule has 4 nitrogen and oxygen atoms in total. The monoisotopic (exact) mass is 360 g/mol. The number of aryl methyl sites for hydroxylation is 2. The van der Waals surface area contributed by atoms with Gasteiger partial charge in [-0.15, -0.1) is 0 Å². The first kappa shape index (κ1) is 15.8. The quantitative estimate of drug-likeness (QED) is 0.867. The molecule has 2 N–H and O–H groups in total. The molecule has 0 radical (unpaired) electrons. The number of piperidine rings is 1. The summed E-state index contributed by atoms with van der Waals surface area (Å²) in [5, 5.41) is 3.25. The van der Waals surface area contributed by atoms with Crippen molar-refractivity contribution in [2.45, 2.75) is 26.7 Å². The maximum Gasteiger partial charge on any atom is 0.233 e. The minimum atomic E-state index is -3.29. The Morgan fingerprint density at radius 1 is 1.25 bits per heavy atom. The highest BCUT2D eigenvalue weighted by Gasteiger charge is 2.22. The van der Waals surface area contributed by atoms with Gasteiger partial charge in [0.15, 0.2) is 0 Å². The van der Waals surface area contributed by atoms with E-state index in [4.69, 9.17) is 0 Å². The molecule has 1 saturated heterocycles. The van der Waals surface area contributed by atoms with E-state index in [1.165, 1.54) is 0 Å². The van der Waals surface area contributed by atoms with Crippen molar-refractivity contribution in [2.75, 3.05) is 23.6 Å². The third-order valence-corrected chi connectivity index (χ3v) is 5.55. The first-order chi connectivity index (χ1) is 9.37. The molecule has 0 spiro atoms. The lowest BCUT2D eigenvalue weighted by atomic mass is 10.0. The number of hydrogen-bond donors (Lipinski definition) is 2. The molecular formula is C14H21BrN2O2S. The molecular weight excluding hydrogens is 340 g/mol. The average Bonchev–Trinajstić information content (AvgIpc) is 2.34. The summed E-state index contributed by atoms with van der Waals surface area (Å²) in [6, 6.07) is 3.85. The number of rotatable bonds is 4. The van der Waals surface area contributed by atoms with E-state index < -0.39 is 10.0 Å². The smallest absolute Gasteiger partial charge is 0.233 e. The third kappa shape index (κ3) is 4.20. The van der Waals surface area contributed by atoms with E-state index >= 15 is 0 Å². The summed E-state index contributed by atoms with van der Waals surface area (Å²) in [5.74, 6) is 0.466. The van der Waals surface area contributed by atoms with E-state index in [-0.39, 0.29) is 11.7 Å². The van der Waals surface area contributed by atoms with Crippen LogP contribution in [0.15, 0.2) is 16.6 Å². The van der Waals surface area contributed by atoms with E-state index in [0.717, 1.165) is 41.5 Å². The van der Waals surface area contributed by atoms with Crippen LogP contribution >= 0.6 is 15.9 Å². The summed E-state index contributed by atoms with van der Waals surface area (Å²) in [5.41, 5.74) is 2.58. The molecule has 2 rings (SSSR count). The average molecular weight is 361 g/mol. The maximum atomic E-state index is 12.3. The van der Waals surface area contributed by atoms with E-state index in [1.807, 2.05) is 26.0 Å². The van der Waals surface area contributed by atoms with Crippen LogP contribution in [0.1, 0.15) is 24.0 Å². The zero-order valence-electron chi connectivity index (χ0n) is 11.9. The third-order valence-electron chi connectivity index (χ3n) is 3.67. The number of anilines is 1. The van der Waals surface area contributed by atoms with Gasteiger partial charge in [-0.1, -0.05) is 15.9 Å². The van der Waals surface area contributed by atoms with Crippen molar-refractivity contribution in [3.8, 4) is 0 Å². The molecule has 0 unspecified atom stereocenters. The number of nitrogens with one attached hydrogen (secondary N) is 2. The largest absolute Gasteiger partial charge is 0.317 e. The molecule has 1 heterocycles. The Morgan fingerprint density at radius 3 is 2.35 bits per heavy atom. The van der Waals surface area contributed by atoms with Crippen molar-refractivity contribution < 1.29 is 8.42 Å². The fourth-order valence-electron chi connectivity index (χ4n) is 2.63. The van der Waals surface area contributed by atoms with E-state index in [1.54, 1.807) is 0 Å². The lowest BCUT2D eigenvalue weighted by Crippen LogP contribution is -2.33. The topological polar surface area (TPSA) is 58.2 Å². The fourth-order valence-corrected chi connectivity index (χ4v) is 4.98. The second-order valence-electron chi connectivity index (χ2n) is 5.49. The van der Waals surface area contributed by atoms with Crippen LogP contribution in [0.4, 0.5) is 5.69 Å². The van der Waals surface area contributed by atoms with Crippen molar-refractivity contribution in [3.05, 3.63) is 27.7 Å². The van der Waals surface area contributed by atoms with Crippen molar-refractivity contribution in [1.29, 1.82) is 0 Å². The number of hydrogen-bond acceptors (Lipinski definition) is 3. The number of sulfonamides is 1. The van der Waals surface area contributed by atoms with Crippen LogP contribution < -0.4 is 10.0 Å². The van der Waals surface area contributed by atoms with Gasteiger partial charge in [-0.2, -0.15) is 0 Å². The Morgan fingerprint density at radius 2 is 1.80 bits per heavy atom. The fraction of sp³-hybridized carbons (Fsp3) is 0.571. The Bertz CT molecular complexity index is 558. The second-order valence-corrected chi connectivity index (χ2v) is 8.17. The van der Waals surface area contributed by atoms with Crippen LogP contribution in [0.5, 0.6) is 0 Å². The summed E-state index contributed by atoms with van der Waals surface area (Å²) < 4.78 is 28.4. The molecule has 0 aliphatic carbocycles. The second kappa shape index (κ2) is 6.45. The van der Waals surface area contributed by atoms with Gasteiger partial charge in [0.25, 0.3) is 0 Å². The SMILES string of the molecule is Cc1cc(Br)cc(C)c1NS(=O)(=O)CC1CCNCC1.